The molecule has 0 spiro atoms. The van der Waals surface area contributed by atoms with E-state index in [1.54, 1.807) is 6.07 Å². The molecule has 1 heterocycles. The van der Waals surface area contributed by atoms with Crippen molar-refractivity contribution in [1.82, 2.24) is 0 Å². The predicted octanol–water partition coefficient (Wildman–Crippen LogP) is 0.307. The highest BCUT2D eigenvalue weighted by Gasteiger charge is 2.28. The van der Waals surface area contributed by atoms with Crippen molar-refractivity contribution in [1.29, 1.82) is 0 Å². The van der Waals surface area contributed by atoms with E-state index in [9.17, 15) is 14.0 Å². The van der Waals surface area contributed by atoms with Crippen LogP contribution in [0.2, 0.25) is 0 Å². The lowest BCUT2D eigenvalue weighted by atomic mass is 9.97. The molecule has 1 aromatic carbocycles. The lowest BCUT2D eigenvalue weighted by Crippen LogP contribution is -3.14. The molecule has 0 aliphatic carbocycles. The number of anilines is 1. The molecule has 2 rings (SSSR count). The molecular weight excluding hydrogens is 341 g/mol. The van der Waals surface area contributed by atoms with Gasteiger partial charge in [0.2, 0.25) is 5.91 Å². The maximum atomic E-state index is 13.6. The molecule has 0 bridgehead atoms. The summed E-state index contributed by atoms with van der Waals surface area (Å²) in [6.45, 7) is 1.59. The topological polar surface area (TPSA) is 76.6 Å². The number of halogens is 2. The molecule has 1 aliphatic heterocycles. The second-order valence-corrected chi connectivity index (χ2v) is 6.21. The van der Waals surface area contributed by atoms with Crippen LogP contribution in [0, 0.1) is 11.7 Å². The van der Waals surface area contributed by atoms with Crippen LogP contribution < -0.4 is 16.0 Å². The Morgan fingerprint density at radius 2 is 2.24 bits per heavy atom. The average molecular weight is 359 g/mol. The zero-order valence-electron chi connectivity index (χ0n) is 11.5. The van der Waals surface area contributed by atoms with Gasteiger partial charge in [0.15, 0.2) is 6.54 Å². The van der Waals surface area contributed by atoms with Crippen molar-refractivity contribution in [3.05, 3.63) is 28.5 Å². The Hall–Kier alpha value is -1.47. The Bertz CT molecular complexity index is 553. The van der Waals surface area contributed by atoms with Gasteiger partial charge in [-0.1, -0.05) is 15.9 Å². The van der Waals surface area contributed by atoms with Gasteiger partial charge in [-0.2, -0.15) is 0 Å². The number of nitrogens with two attached hydrogens (primary N) is 1. The van der Waals surface area contributed by atoms with E-state index >= 15 is 0 Å². The fourth-order valence-electron chi connectivity index (χ4n) is 2.57. The van der Waals surface area contributed by atoms with Crippen molar-refractivity contribution in [2.24, 2.45) is 11.7 Å². The molecular formula is C14H18BrFN3O2+. The third-order valence-corrected chi connectivity index (χ3v) is 4.13. The highest BCUT2D eigenvalue weighted by atomic mass is 79.9. The van der Waals surface area contributed by atoms with Gasteiger partial charge in [0.1, 0.15) is 5.82 Å². The second kappa shape index (κ2) is 7.00. The van der Waals surface area contributed by atoms with Crippen LogP contribution in [0.4, 0.5) is 10.1 Å². The number of carbonyl (C=O) groups excluding carboxylic acids is 2. The van der Waals surface area contributed by atoms with Crippen LogP contribution >= 0.6 is 15.9 Å². The Morgan fingerprint density at radius 3 is 2.90 bits per heavy atom. The van der Waals surface area contributed by atoms with Gasteiger partial charge >= 0.3 is 0 Å². The summed E-state index contributed by atoms with van der Waals surface area (Å²) < 4.78 is 14.3. The van der Waals surface area contributed by atoms with E-state index < -0.39 is 5.82 Å². The molecule has 2 amide bonds. The normalized spacial score (nSPS) is 21.8. The van der Waals surface area contributed by atoms with E-state index in [0.29, 0.717) is 11.0 Å². The molecule has 1 aliphatic rings. The van der Waals surface area contributed by atoms with E-state index in [1.807, 2.05) is 0 Å². The van der Waals surface area contributed by atoms with Crippen LogP contribution in [0.3, 0.4) is 0 Å². The Morgan fingerprint density at radius 1 is 1.48 bits per heavy atom. The quantitative estimate of drug-likeness (QED) is 0.724. The van der Waals surface area contributed by atoms with E-state index in [2.05, 4.69) is 21.2 Å². The molecule has 1 fully saturated rings. The fraction of sp³-hybridized carbons (Fsp3) is 0.429. The minimum atomic E-state index is -0.485. The summed E-state index contributed by atoms with van der Waals surface area (Å²) in [4.78, 5) is 24.2. The highest BCUT2D eigenvalue weighted by Crippen LogP contribution is 2.19. The van der Waals surface area contributed by atoms with Crippen LogP contribution in [0.5, 0.6) is 0 Å². The number of nitrogens with one attached hydrogen (secondary N) is 2. The highest BCUT2D eigenvalue weighted by molar-refractivity contribution is 9.10. The van der Waals surface area contributed by atoms with Gasteiger partial charge in [-0.15, -0.1) is 0 Å². The first-order valence-electron chi connectivity index (χ1n) is 6.83. The number of primary amides is 1. The lowest BCUT2D eigenvalue weighted by molar-refractivity contribution is -0.899. The molecule has 2 atom stereocenters. The van der Waals surface area contributed by atoms with Crippen LogP contribution in [0.1, 0.15) is 12.8 Å². The van der Waals surface area contributed by atoms with Gasteiger partial charge in [-0.3, -0.25) is 9.59 Å². The van der Waals surface area contributed by atoms with E-state index in [4.69, 9.17) is 5.73 Å². The van der Waals surface area contributed by atoms with Crippen molar-refractivity contribution in [2.45, 2.75) is 12.8 Å². The number of benzene rings is 1. The molecule has 7 heteroatoms. The van der Waals surface area contributed by atoms with Gasteiger partial charge in [0.25, 0.3) is 5.91 Å². The smallest absolute Gasteiger partial charge is 0.279 e. The summed E-state index contributed by atoms with van der Waals surface area (Å²) in [5.74, 6) is -1.24. The Balaban J connectivity index is 1.91. The molecule has 4 N–H and O–H groups in total. The summed E-state index contributed by atoms with van der Waals surface area (Å²) in [7, 11) is 0. The standard InChI is InChI=1S/C14H17BrFN3O2/c15-10-3-4-12(11(16)6-10)18-13(20)8-19-5-1-2-9(7-19)14(17)21/h3-4,6,9H,1-2,5,7-8H2,(H2,17,21)(H,18,20)/p+1/t9-/m0/s1. The van der Waals surface area contributed by atoms with Crippen LogP contribution in [-0.4, -0.2) is 31.4 Å². The first-order chi connectivity index (χ1) is 9.95. The first kappa shape index (κ1) is 15.9. The molecule has 114 valence electrons. The minimum Gasteiger partial charge on any atom is -0.369 e. The number of hydrogen-bond acceptors (Lipinski definition) is 2. The summed E-state index contributed by atoms with van der Waals surface area (Å²) in [6, 6.07) is 4.47. The fourth-order valence-corrected chi connectivity index (χ4v) is 2.90. The van der Waals surface area contributed by atoms with Crippen molar-refractivity contribution < 1.29 is 18.9 Å². The molecule has 21 heavy (non-hydrogen) atoms. The lowest BCUT2D eigenvalue weighted by Gasteiger charge is -2.27. The summed E-state index contributed by atoms with van der Waals surface area (Å²) in [6.07, 6.45) is 1.64. The number of amides is 2. The second-order valence-electron chi connectivity index (χ2n) is 5.29. The number of quaternary nitrogens is 1. The summed E-state index contributed by atoms with van der Waals surface area (Å²) in [5.41, 5.74) is 5.47. The van der Waals surface area contributed by atoms with Crippen molar-refractivity contribution in [3.63, 3.8) is 0 Å². The zero-order valence-corrected chi connectivity index (χ0v) is 13.1. The first-order valence-corrected chi connectivity index (χ1v) is 7.63. The largest absolute Gasteiger partial charge is 0.369 e. The number of rotatable bonds is 4. The predicted molar refractivity (Wildman–Crippen MR) is 80.2 cm³/mol. The van der Waals surface area contributed by atoms with E-state index in [-0.39, 0.29) is 30.0 Å². The van der Waals surface area contributed by atoms with Crippen molar-refractivity contribution >= 4 is 33.4 Å². The van der Waals surface area contributed by atoms with Gasteiger partial charge in [-0.25, -0.2) is 4.39 Å². The molecule has 1 aromatic rings. The van der Waals surface area contributed by atoms with Crippen LogP contribution in [0.15, 0.2) is 22.7 Å². The number of likely N-dealkylation sites (tertiary alicyclic amines) is 1. The third kappa shape index (κ3) is 4.50. The van der Waals surface area contributed by atoms with Gasteiger partial charge in [-0.05, 0) is 31.0 Å². The van der Waals surface area contributed by atoms with Crippen molar-refractivity contribution in [3.8, 4) is 0 Å². The van der Waals surface area contributed by atoms with Crippen LogP contribution in [-0.2, 0) is 9.59 Å². The zero-order chi connectivity index (χ0) is 15.4. The summed E-state index contributed by atoms with van der Waals surface area (Å²) >= 11 is 3.16. The molecule has 1 saturated heterocycles. The SMILES string of the molecule is NC(=O)[C@H]1CCC[NH+](CC(=O)Nc2ccc(Br)cc2F)C1. The molecule has 1 unspecified atom stereocenters. The van der Waals surface area contributed by atoms with Crippen LogP contribution in [0.25, 0.3) is 0 Å². The minimum absolute atomic E-state index is 0.158. The molecule has 0 aromatic heterocycles. The maximum Gasteiger partial charge on any atom is 0.279 e. The maximum absolute atomic E-state index is 13.6. The van der Waals surface area contributed by atoms with Gasteiger partial charge in [0.05, 0.1) is 24.7 Å². The monoisotopic (exact) mass is 358 g/mol. The average Bonchev–Trinajstić information content (AvgIpc) is 2.42. The van der Waals surface area contributed by atoms with E-state index in [1.165, 1.54) is 12.1 Å². The van der Waals surface area contributed by atoms with Gasteiger partial charge in [0, 0.05) is 4.47 Å². The Kier molecular flexibility index (Phi) is 5.30. The molecule has 0 radical (unpaired) electrons. The van der Waals surface area contributed by atoms with E-state index in [0.717, 1.165) is 24.3 Å². The molecule has 0 saturated carbocycles. The number of hydrogen-bond donors (Lipinski definition) is 3. The number of piperidine rings is 1. The van der Waals surface area contributed by atoms with Crippen molar-refractivity contribution in [2.75, 3.05) is 25.0 Å². The van der Waals surface area contributed by atoms with Gasteiger partial charge < -0.3 is 16.0 Å². The Labute approximate surface area is 130 Å². The summed E-state index contributed by atoms with van der Waals surface area (Å²) in [5, 5.41) is 2.56. The molecule has 5 nitrogen and oxygen atoms in total. The third-order valence-electron chi connectivity index (χ3n) is 3.64. The number of carbonyl (C=O) groups is 2.